The Hall–Kier alpha value is -0.610. The number of carbonyl (C=O) groups excluding carboxylic acids is 1. The maximum atomic E-state index is 11.1. The van der Waals surface area contributed by atoms with Crippen molar-refractivity contribution in [2.45, 2.75) is 12.8 Å². The summed E-state index contributed by atoms with van der Waals surface area (Å²) in [5.74, 6) is 0.0206. The minimum absolute atomic E-state index is 0.0206. The van der Waals surface area contributed by atoms with Crippen LogP contribution in [0.25, 0.3) is 0 Å². The van der Waals surface area contributed by atoms with Crippen LogP contribution in [0.4, 0.5) is 0 Å². The molecule has 11 heavy (non-hydrogen) atoms. The average Bonchev–Trinajstić information content (AvgIpc) is 2.07. The number of methoxy groups -OCH3 is 1. The Morgan fingerprint density at radius 2 is 2.45 bits per heavy atom. The third kappa shape index (κ3) is 2.48. The molecule has 0 bridgehead atoms. The van der Waals surface area contributed by atoms with E-state index in [0.717, 1.165) is 25.9 Å². The van der Waals surface area contributed by atoms with Crippen LogP contribution in [0.2, 0.25) is 0 Å². The molecule has 0 spiro atoms. The van der Waals surface area contributed by atoms with E-state index < -0.39 is 0 Å². The molecule has 4 heteroatoms. The SMILES string of the molecule is COCC(=O)N1CCCCN1. The molecular formula is C7H14N2O2. The Labute approximate surface area is 66.5 Å². The summed E-state index contributed by atoms with van der Waals surface area (Å²) < 4.78 is 4.73. The summed E-state index contributed by atoms with van der Waals surface area (Å²) in [6.07, 6.45) is 2.24. The Morgan fingerprint density at radius 1 is 1.64 bits per heavy atom. The molecule has 0 saturated carbocycles. The van der Waals surface area contributed by atoms with Gasteiger partial charge in [-0.2, -0.15) is 0 Å². The molecule has 1 rings (SSSR count). The van der Waals surface area contributed by atoms with Crippen LogP contribution >= 0.6 is 0 Å². The zero-order valence-electron chi connectivity index (χ0n) is 6.80. The molecule has 0 atom stereocenters. The average molecular weight is 158 g/mol. The Kier molecular flexibility index (Phi) is 3.32. The van der Waals surface area contributed by atoms with Crippen molar-refractivity contribution in [3.8, 4) is 0 Å². The highest BCUT2D eigenvalue weighted by Gasteiger charge is 2.14. The fourth-order valence-electron chi connectivity index (χ4n) is 1.10. The first-order valence-electron chi connectivity index (χ1n) is 3.87. The summed E-state index contributed by atoms with van der Waals surface area (Å²) in [6, 6.07) is 0. The van der Waals surface area contributed by atoms with Crippen molar-refractivity contribution in [2.24, 2.45) is 0 Å². The molecule has 0 aliphatic carbocycles. The molecular weight excluding hydrogens is 144 g/mol. The van der Waals surface area contributed by atoms with Crippen molar-refractivity contribution in [1.29, 1.82) is 0 Å². The first-order chi connectivity index (χ1) is 5.34. The lowest BCUT2D eigenvalue weighted by atomic mass is 10.2. The minimum atomic E-state index is 0.0206. The molecule has 0 aromatic heterocycles. The molecule has 1 aliphatic heterocycles. The third-order valence-corrected chi connectivity index (χ3v) is 1.68. The third-order valence-electron chi connectivity index (χ3n) is 1.68. The van der Waals surface area contributed by atoms with Gasteiger partial charge in [0.1, 0.15) is 6.61 Å². The fourth-order valence-corrected chi connectivity index (χ4v) is 1.10. The van der Waals surface area contributed by atoms with Crippen molar-refractivity contribution in [3.05, 3.63) is 0 Å². The number of hydrogen-bond donors (Lipinski definition) is 1. The predicted molar refractivity (Wildman–Crippen MR) is 40.8 cm³/mol. The van der Waals surface area contributed by atoms with Gasteiger partial charge < -0.3 is 4.74 Å². The first kappa shape index (κ1) is 8.49. The van der Waals surface area contributed by atoms with E-state index in [1.54, 1.807) is 5.01 Å². The number of nitrogens with one attached hydrogen (secondary N) is 1. The van der Waals surface area contributed by atoms with Gasteiger partial charge in [-0.05, 0) is 12.8 Å². The maximum absolute atomic E-state index is 11.1. The summed E-state index contributed by atoms with van der Waals surface area (Å²) in [6.45, 7) is 1.88. The Morgan fingerprint density at radius 3 is 3.00 bits per heavy atom. The molecule has 4 nitrogen and oxygen atoms in total. The predicted octanol–water partition coefficient (Wildman–Crippen LogP) is -0.240. The number of hydrazine groups is 1. The molecule has 1 N–H and O–H groups in total. The largest absolute Gasteiger partial charge is 0.375 e. The van der Waals surface area contributed by atoms with Gasteiger partial charge in [-0.3, -0.25) is 9.80 Å². The van der Waals surface area contributed by atoms with Gasteiger partial charge in [0.25, 0.3) is 5.91 Å². The van der Waals surface area contributed by atoms with E-state index in [1.807, 2.05) is 0 Å². The quantitative estimate of drug-likeness (QED) is 0.603. The summed E-state index contributed by atoms with van der Waals surface area (Å²) >= 11 is 0. The van der Waals surface area contributed by atoms with Crippen molar-refractivity contribution < 1.29 is 9.53 Å². The maximum Gasteiger partial charge on any atom is 0.262 e. The minimum Gasteiger partial charge on any atom is -0.375 e. The van der Waals surface area contributed by atoms with Gasteiger partial charge in [-0.15, -0.1) is 0 Å². The smallest absolute Gasteiger partial charge is 0.262 e. The lowest BCUT2D eigenvalue weighted by Gasteiger charge is -2.27. The fraction of sp³-hybridized carbons (Fsp3) is 0.857. The van der Waals surface area contributed by atoms with E-state index in [0.29, 0.717) is 0 Å². The summed E-state index contributed by atoms with van der Waals surface area (Å²) in [7, 11) is 1.53. The number of hydrogen-bond acceptors (Lipinski definition) is 3. The molecule has 1 fully saturated rings. The van der Waals surface area contributed by atoms with Gasteiger partial charge in [0.2, 0.25) is 0 Å². The second kappa shape index (κ2) is 4.31. The molecule has 1 saturated heterocycles. The molecule has 0 aromatic carbocycles. The van der Waals surface area contributed by atoms with E-state index in [9.17, 15) is 4.79 Å². The summed E-state index contributed by atoms with van der Waals surface area (Å²) in [5, 5.41) is 1.63. The first-order valence-corrected chi connectivity index (χ1v) is 3.87. The Bertz CT molecular complexity index is 132. The van der Waals surface area contributed by atoms with E-state index in [-0.39, 0.29) is 12.5 Å². The topological polar surface area (TPSA) is 41.6 Å². The molecule has 0 unspecified atom stereocenters. The van der Waals surface area contributed by atoms with Gasteiger partial charge in [0.05, 0.1) is 0 Å². The van der Waals surface area contributed by atoms with Gasteiger partial charge in [-0.1, -0.05) is 0 Å². The van der Waals surface area contributed by atoms with Crippen LogP contribution in [0.3, 0.4) is 0 Å². The molecule has 1 amide bonds. The number of ether oxygens (including phenoxy) is 1. The number of rotatable bonds is 2. The van der Waals surface area contributed by atoms with Gasteiger partial charge in [0.15, 0.2) is 0 Å². The van der Waals surface area contributed by atoms with Crippen molar-refractivity contribution in [1.82, 2.24) is 10.4 Å². The van der Waals surface area contributed by atoms with E-state index in [1.165, 1.54) is 7.11 Å². The van der Waals surface area contributed by atoms with E-state index in [2.05, 4.69) is 5.43 Å². The number of amides is 1. The highest BCUT2D eigenvalue weighted by atomic mass is 16.5. The number of carbonyl (C=O) groups is 1. The van der Waals surface area contributed by atoms with Crippen LogP contribution in [0, 0.1) is 0 Å². The normalized spacial score (nSPS) is 18.5. The van der Waals surface area contributed by atoms with E-state index >= 15 is 0 Å². The zero-order valence-corrected chi connectivity index (χ0v) is 6.80. The molecule has 1 heterocycles. The molecule has 0 radical (unpaired) electrons. The second-order valence-electron chi connectivity index (χ2n) is 2.59. The Balaban J connectivity index is 2.27. The lowest BCUT2D eigenvalue weighted by Crippen LogP contribution is -2.48. The van der Waals surface area contributed by atoms with Crippen LogP contribution in [0.5, 0.6) is 0 Å². The van der Waals surface area contributed by atoms with Crippen molar-refractivity contribution >= 4 is 5.91 Å². The van der Waals surface area contributed by atoms with Gasteiger partial charge in [-0.25, -0.2) is 5.43 Å². The summed E-state index contributed by atoms with van der Waals surface area (Å²) in [4.78, 5) is 11.1. The van der Waals surface area contributed by atoms with Crippen molar-refractivity contribution in [2.75, 3.05) is 26.8 Å². The van der Waals surface area contributed by atoms with Gasteiger partial charge >= 0.3 is 0 Å². The monoisotopic (exact) mass is 158 g/mol. The molecule has 1 aliphatic rings. The molecule has 64 valence electrons. The highest BCUT2D eigenvalue weighted by molar-refractivity contribution is 5.76. The van der Waals surface area contributed by atoms with Crippen LogP contribution in [-0.2, 0) is 9.53 Å². The van der Waals surface area contributed by atoms with Crippen LogP contribution in [0.1, 0.15) is 12.8 Å². The lowest BCUT2D eigenvalue weighted by molar-refractivity contribution is -0.139. The standard InChI is InChI=1S/C7H14N2O2/c1-11-6-7(10)9-5-3-2-4-8-9/h8H,2-6H2,1H3. The summed E-state index contributed by atoms with van der Waals surface area (Å²) in [5.41, 5.74) is 3.01. The van der Waals surface area contributed by atoms with Crippen LogP contribution in [-0.4, -0.2) is 37.7 Å². The number of nitrogens with zero attached hydrogens (tertiary/aromatic N) is 1. The van der Waals surface area contributed by atoms with Gasteiger partial charge in [0, 0.05) is 20.2 Å². The highest BCUT2D eigenvalue weighted by Crippen LogP contribution is 1.99. The van der Waals surface area contributed by atoms with Crippen LogP contribution < -0.4 is 5.43 Å². The van der Waals surface area contributed by atoms with E-state index in [4.69, 9.17) is 4.74 Å². The second-order valence-corrected chi connectivity index (χ2v) is 2.59. The van der Waals surface area contributed by atoms with Crippen LogP contribution in [0.15, 0.2) is 0 Å². The van der Waals surface area contributed by atoms with Crippen molar-refractivity contribution in [3.63, 3.8) is 0 Å². The zero-order chi connectivity index (χ0) is 8.10. The molecule has 0 aromatic rings.